The average Bonchev–Trinajstić information content (AvgIpc) is 3.43. The van der Waals surface area contributed by atoms with Crippen LogP contribution in [0, 0.1) is 24.2 Å². The second-order valence-electron chi connectivity index (χ2n) is 7.26. The minimum Gasteiger partial charge on any atom is -0.339 e. The lowest BCUT2D eigenvalue weighted by Crippen LogP contribution is -2.10. The Morgan fingerprint density at radius 2 is 1.91 bits per heavy atom. The normalized spacial score (nSPS) is 11.2. The van der Waals surface area contributed by atoms with E-state index in [0.717, 1.165) is 23.5 Å². The molecule has 0 radical (unpaired) electrons. The fraction of sp³-hybridized carbons (Fsp3) is 0.0909. The molecule has 0 fully saturated rings. The van der Waals surface area contributed by atoms with Crippen molar-refractivity contribution in [3.63, 3.8) is 0 Å². The Bertz CT molecular complexity index is 1550. The molecule has 12 heteroatoms. The third-order valence-corrected chi connectivity index (χ3v) is 4.97. The quantitative estimate of drug-likeness (QED) is 0.413. The molecule has 0 saturated heterocycles. The molecule has 0 unspecified atom stereocenters. The van der Waals surface area contributed by atoms with Gasteiger partial charge in [0.25, 0.3) is 6.43 Å². The molecule has 0 saturated carbocycles. The molecule has 5 aromatic rings. The van der Waals surface area contributed by atoms with Gasteiger partial charge in [-0.3, -0.25) is 4.57 Å². The van der Waals surface area contributed by atoms with Gasteiger partial charge in [-0.15, -0.1) is 5.10 Å². The molecular formula is C22H14F3N9. The number of imidazole rings is 1. The molecule has 4 heterocycles. The molecule has 4 aromatic heterocycles. The van der Waals surface area contributed by atoms with E-state index in [1.165, 1.54) is 12.4 Å². The molecule has 0 aliphatic heterocycles. The minimum atomic E-state index is -2.93. The summed E-state index contributed by atoms with van der Waals surface area (Å²) in [4.78, 5) is 8.59. The molecule has 1 aromatic carbocycles. The highest BCUT2D eigenvalue weighted by Crippen LogP contribution is 2.28. The smallest absolute Gasteiger partial charge is 0.267 e. The number of benzene rings is 1. The Balaban J connectivity index is 1.55. The third kappa shape index (κ3) is 3.79. The first-order valence-electron chi connectivity index (χ1n) is 9.93. The predicted molar refractivity (Wildman–Crippen MR) is 116 cm³/mol. The van der Waals surface area contributed by atoms with Crippen molar-refractivity contribution in [2.75, 3.05) is 5.32 Å². The Morgan fingerprint density at radius 1 is 1.06 bits per heavy atom. The van der Waals surface area contributed by atoms with Crippen molar-refractivity contribution in [3.8, 4) is 17.7 Å². The highest BCUT2D eigenvalue weighted by atomic mass is 19.3. The van der Waals surface area contributed by atoms with Crippen LogP contribution in [0.4, 0.5) is 24.7 Å². The molecule has 0 bridgehead atoms. The van der Waals surface area contributed by atoms with Crippen molar-refractivity contribution in [3.05, 3.63) is 77.8 Å². The zero-order chi connectivity index (χ0) is 23.8. The van der Waals surface area contributed by atoms with Gasteiger partial charge in [0.2, 0.25) is 5.95 Å². The van der Waals surface area contributed by atoms with Crippen LogP contribution in [0.2, 0.25) is 0 Å². The van der Waals surface area contributed by atoms with Gasteiger partial charge in [-0.05, 0) is 49.4 Å². The topological polar surface area (TPSA) is 110 Å². The van der Waals surface area contributed by atoms with Crippen LogP contribution in [0.1, 0.15) is 23.4 Å². The summed E-state index contributed by atoms with van der Waals surface area (Å²) in [6.45, 7) is 1.84. The minimum absolute atomic E-state index is 0.223. The lowest BCUT2D eigenvalue weighted by atomic mass is 10.2. The van der Waals surface area contributed by atoms with Gasteiger partial charge in [0.1, 0.15) is 18.2 Å². The predicted octanol–water partition coefficient (Wildman–Crippen LogP) is 4.40. The van der Waals surface area contributed by atoms with Crippen LogP contribution >= 0.6 is 0 Å². The van der Waals surface area contributed by atoms with Crippen LogP contribution in [0.5, 0.6) is 0 Å². The highest BCUT2D eigenvalue weighted by molar-refractivity contribution is 5.82. The molecule has 168 valence electrons. The number of halogens is 3. The van der Waals surface area contributed by atoms with Crippen LogP contribution < -0.4 is 5.32 Å². The summed E-state index contributed by atoms with van der Waals surface area (Å²) in [5.74, 6) is -0.602. The fourth-order valence-corrected chi connectivity index (χ4v) is 3.37. The second-order valence-corrected chi connectivity index (χ2v) is 7.26. The van der Waals surface area contributed by atoms with Crippen molar-refractivity contribution in [2.24, 2.45) is 0 Å². The van der Waals surface area contributed by atoms with Crippen molar-refractivity contribution >= 4 is 22.5 Å². The van der Waals surface area contributed by atoms with Crippen LogP contribution in [0.25, 0.3) is 22.7 Å². The Kier molecular flexibility index (Phi) is 5.14. The number of rotatable bonds is 5. The SMILES string of the molecule is Cc1ccc(Nc2ccc3c(c2)ncn3-c2ccc(C(F)F)c(-n3nc(C#N)cc3F)n2)nn1. The van der Waals surface area contributed by atoms with E-state index in [2.05, 4.69) is 30.6 Å². The number of pyridine rings is 1. The molecule has 9 nitrogen and oxygen atoms in total. The molecule has 1 N–H and O–H groups in total. The van der Waals surface area contributed by atoms with Crippen molar-refractivity contribution in [1.82, 2.24) is 34.5 Å². The standard InChI is InChI=1S/C22H14F3N9/c1-12-2-6-19(31-30-12)28-13-3-5-17-16(8-13)27-11-33(17)20-7-4-15(21(24)25)22(29-20)34-18(23)9-14(10-26)32-34/h2-9,11,21H,1H3,(H,28,31). The number of anilines is 2. The first kappa shape index (κ1) is 21.1. The van der Waals surface area contributed by atoms with E-state index in [1.54, 1.807) is 34.9 Å². The Labute approximate surface area is 190 Å². The maximum absolute atomic E-state index is 14.3. The number of nitriles is 1. The zero-order valence-electron chi connectivity index (χ0n) is 17.5. The van der Waals surface area contributed by atoms with Crippen molar-refractivity contribution < 1.29 is 13.2 Å². The molecule has 0 aliphatic rings. The van der Waals surface area contributed by atoms with E-state index in [-0.39, 0.29) is 11.5 Å². The largest absolute Gasteiger partial charge is 0.339 e. The Hall–Kier alpha value is -4.79. The summed E-state index contributed by atoms with van der Waals surface area (Å²) in [6, 6.07) is 14.0. The highest BCUT2D eigenvalue weighted by Gasteiger charge is 2.21. The maximum atomic E-state index is 14.3. The first-order chi connectivity index (χ1) is 16.4. The number of hydrogen-bond donors (Lipinski definition) is 1. The van der Waals surface area contributed by atoms with E-state index < -0.39 is 23.8 Å². The number of nitrogens with zero attached hydrogens (tertiary/aromatic N) is 8. The molecular weight excluding hydrogens is 447 g/mol. The first-order valence-corrected chi connectivity index (χ1v) is 9.93. The molecule has 0 atom stereocenters. The number of fused-ring (bicyclic) bond motifs is 1. The number of aryl methyl sites for hydroxylation is 1. The average molecular weight is 461 g/mol. The van der Waals surface area contributed by atoms with E-state index in [4.69, 9.17) is 5.26 Å². The lowest BCUT2D eigenvalue weighted by molar-refractivity contribution is 0.150. The fourth-order valence-electron chi connectivity index (χ4n) is 3.37. The lowest BCUT2D eigenvalue weighted by Gasteiger charge is -2.12. The summed E-state index contributed by atoms with van der Waals surface area (Å²) < 4.78 is 43.7. The van der Waals surface area contributed by atoms with E-state index >= 15 is 0 Å². The van der Waals surface area contributed by atoms with Crippen LogP contribution in [0.15, 0.2) is 54.9 Å². The van der Waals surface area contributed by atoms with Gasteiger partial charge in [-0.25, -0.2) is 18.7 Å². The Morgan fingerprint density at radius 3 is 2.62 bits per heavy atom. The third-order valence-electron chi connectivity index (χ3n) is 4.97. The number of hydrogen-bond acceptors (Lipinski definition) is 7. The zero-order valence-corrected chi connectivity index (χ0v) is 17.5. The summed E-state index contributed by atoms with van der Waals surface area (Å²) >= 11 is 0. The van der Waals surface area contributed by atoms with E-state index in [9.17, 15) is 13.2 Å². The monoisotopic (exact) mass is 461 g/mol. The van der Waals surface area contributed by atoms with E-state index in [0.29, 0.717) is 21.5 Å². The molecule has 0 aliphatic carbocycles. The van der Waals surface area contributed by atoms with Gasteiger partial charge >= 0.3 is 0 Å². The van der Waals surface area contributed by atoms with Gasteiger partial charge < -0.3 is 5.32 Å². The number of nitrogens with one attached hydrogen (secondary N) is 1. The van der Waals surface area contributed by atoms with Crippen molar-refractivity contribution in [1.29, 1.82) is 5.26 Å². The maximum Gasteiger partial charge on any atom is 0.267 e. The summed E-state index contributed by atoms with van der Waals surface area (Å²) in [5, 5.41) is 23.9. The van der Waals surface area contributed by atoms with Gasteiger partial charge in [0.15, 0.2) is 17.3 Å². The summed E-state index contributed by atoms with van der Waals surface area (Å²) in [5.41, 5.74) is 1.98. The molecule has 5 rings (SSSR count). The van der Waals surface area contributed by atoms with Crippen LogP contribution in [-0.2, 0) is 0 Å². The second kappa shape index (κ2) is 8.28. The van der Waals surface area contributed by atoms with Gasteiger partial charge in [0.05, 0.1) is 22.3 Å². The number of aromatic nitrogens is 7. The van der Waals surface area contributed by atoms with Crippen LogP contribution in [0.3, 0.4) is 0 Å². The molecule has 34 heavy (non-hydrogen) atoms. The van der Waals surface area contributed by atoms with Crippen LogP contribution in [-0.4, -0.2) is 34.5 Å². The number of alkyl halides is 2. The summed E-state index contributed by atoms with van der Waals surface area (Å²) in [7, 11) is 0. The molecule has 0 amide bonds. The van der Waals surface area contributed by atoms with Gasteiger partial charge in [-0.2, -0.15) is 24.5 Å². The van der Waals surface area contributed by atoms with Gasteiger partial charge in [-0.1, -0.05) is 0 Å². The molecule has 0 spiro atoms. The van der Waals surface area contributed by atoms with Crippen molar-refractivity contribution in [2.45, 2.75) is 13.3 Å². The van der Waals surface area contributed by atoms with Gasteiger partial charge in [0, 0.05) is 11.8 Å². The van der Waals surface area contributed by atoms with E-state index in [1.807, 2.05) is 13.0 Å². The summed E-state index contributed by atoms with van der Waals surface area (Å²) in [6.07, 6.45) is -1.45.